The number of piperazine rings is 1. The predicted octanol–water partition coefficient (Wildman–Crippen LogP) is 3.50. The van der Waals surface area contributed by atoms with Gasteiger partial charge >= 0.3 is 0 Å². The molecule has 2 aromatic heterocycles. The fourth-order valence-corrected chi connectivity index (χ4v) is 3.60. The standard InChI is InChI=1S/C23H26N6O/c1-16-4-6-19(18(3)14-16)23(30)29-12-10-28(11-13-29)22-9-8-21(26-27-22)25-20-7-5-17(2)15-24-20/h4-9,14-15H,10-13H2,1-3H3,(H,24,25,26). The van der Waals surface area contributed by atoms with E-state index < -0.39 is 0 Å². The van der Waals surface area contributed by atoms with Crippen LogP contribution in [0.1, 0.15) is 27.0 Å². The number of benzene rings is 1. The zero-order valence-corrected chi connectivity index (χ0v) is 17.6. The number of amides is 1. The highest BCUT2D eigenvalue weighted by atomic mass is 16.2. The average Bonchev–Trinajstić information content (AvgIpc) is 2.76. The van der Waals surface area contributed by atoms with Crippen LogP contribution in [0, 0.1) is 20.8 Å². The van der Waals surface area contributed by atoms with Crippen LogP contribution in [0.2, 0.25) is 0 Å². The van der Waals surface area contributed by atoms with E-state index in [1.165, 1.54) is 5.56 Å². The number of anilines is 3. The SMILES string of the molecule is Cc1ccc(Nc2ccc(N3CCN(C(=O)c4ccc(C)cc4C)CC3)nn2)nc1. The zero-order chi connectivity index (χ0) is 21.1. The van der Waals surface area contributed by atoms with E-state index in [4.69, 9.17) is 0 Å². The van der Waals surface area contributed by atoms with Crippen LogP contribution in [0.5, 0.6) is 0 Å². The summed E-state index contributed by atoms with van der Waals surface area (Å²) in [7, 11) is 0. The van der Waals surface area contributed by atoms with Gasteiger partial charge in [0, 0.05) is 37.9 Å². The van der Waals surface area contributed by atoms with Crippen molar-refractivity contribution in [3.8, 4) is 0 Å². The molecule has 0 unspecified atom stereocenters. The van der Waals surface area contributed by atoms with Gasteiger partial charge in [-0.05, 0) is 56.2 Å². The summed E-state index contributed by atoms with van der Waals surface area (Å²) in [6.45, 7) is 8.84. The third-order valence-electron chi connectivity index (χ3n) is 5.32. The fraction of sp³-hybridized carbons (Fsp3) is 0.304. The second-order valence-corrected chi connectivity index (χ2v) is 7.72. The molecule has 0 atom stereocenters. The molecule has 30 heavy (non-hydrogen) atoms. The van der Waals surface area contributed by atoms with Gasteiger partial charge in [-0.3, -0.25) is 4.79 Å². The number of hydrogen-bond acceptors (Lipinski definition) is 6. The van der Waals surface area contributed by atoms with E-state index in [1.54, 1.807) is 0 Å². The Morgan fingerprint density at radius 1 is 0.867 bits per heavy atom. The molecule has 154 valence electrons. The Morgan fingerprint density at radius 2 is 1.60 bits per heavy atom. The summed E-state index contributed by atoms with van der Waals surface area (Å²) in [5, 5.41) is 11.8. The minimum atomic E-state index is 0.100. The van der Waals surface area contributed by atoms with Gasteiger partial charge in [0.15, 0.2) is 11.6 Å². The molecule has 0 spiro atoms. The van der Waals surface area contributed by atoms with Gasteiger partial charge in [0.05, 0.1) is 0 Å². The maximum Gasteiger partial charge on any atom is 0.254 e. The van der Waals surface area contributed by atoms with Crippen LogP contribution in [-0.4, -0.2) is 52.2 Å². The molecular formula is C23H26N6O. The first-order valence-electron chi connectivity index (χ1n) is 10.1. The molecule has 1 N–H and O–H groups in total. The Morgan fingerprint density at radius 3 is 2.23 bits per heavy atom. The molecule has 0 saturated carbocycles. The topological polar surface area (TPSA) is 74.2 Å². The van der Waals surface area contributed by atoms with Crippen LogP contribution in [0.4, 0.5) is 17.5 Å². The van der Waals surface area contributed by atoms with Crippen molar-refractivity contribution in [2.45, 2.75) is 20.8 Å². The summed E-state index contributed by atoms with van der Waals surface area (Å²) in [4.78, 5) is 21.3. The molecule has 7 nitrogen and oxygen atoms in total. The Labute approximate surface area is 176 Å². The number of pyridine rings is 1. The van der Waals surface area contributed by atoms with Gasteiger partial charge in [-0.15, -0.1) is 10.2 Å². The number of rotatable bonds is 4. The van der Waals surface area contributed by atoms with Crippen molar-refractivity contribution >= 4 is 23.4 Å². The number of nitrogens with one attached hydrogen (secondary N) is 1. The Hall–Kier alpha value is -3.48. The Balaban J connectivity index is 1.35. The molecule has 4 rings (SSSR count). The number of aromatic nitrogens is 3. The third-order valence-corrected chi connectivity index (χ3v) is 5.32. The molecule has 0 aliphatic carbocycles. The highest BCUT2D eigenvalue weighted by Crippen LogP contribution is 2.19. The lowest BCUT2D eigenvalue weighted by Gasteiger charge is -2.35. The summed E-state index contributed by atoms with van der Waals surface area (Å²) in [6.07, 6.45) is 1.81. The summed E-state index contributed by atoms with van der Waals surface area (Å²) in [5.41, 5.74) is 4.09. The quantitative estimate of drug-likeness (QED) is 0.720. The van der Waals surface area contributed by atoms with Crippen LogP contribution < -0.4 is 10.2 Å². The molecule has 1 saturated heterocycles. The highest BCUT2D eigenvalue weighted by Gasteiger charge is 2.24. The van der Waals surface area contributed by atoms with Crippen LogP contribution in [0.3, 0.4) is 0 Å². The molecule has 3 heterocycles. The van der Waals surface area contributed by atoms with Gasteiger partial charge in [0.2, 0.25) is 0 Å². The zero-order valence-electron chi connectivity index (χ0n) is 17.6. The van der Waals surface area contributed by atoms with Gasteiger partial charge < -0.3 is 15.1 Å². The molecule has 1 fully saturated rings. The molecule has 1 amide bonds. The molecule has 1 aliphatic rings. The van der Waals surface area contributed by atoms with E-state index in [2.05, 4.69) is 31.5 Å². The lowest BCUT2D eigenvalue weighted by atomic mass is 10.0. The largest absolute Gasteiger partial charge is 0.352 e. The number of hydrogen-bond donors (Lipinski definition) is 1. The van der Waals surface area contributed by atoms with Gasteiger partial charge in [0.1, 0.15) is 5.82 Å². The maximum atomic E-state index is 12.9. The molecule has 0 bridgehead atoms. The summed E-state index contributed by atoms with van der Waals surface area (Å²) in [5.74, 6) is 2.30. The van der Waals surface area contributed by atoms with Gasteiger partial charge in [-0.1, -0.05) is 23.8 Å². The van der Waals surface area contributed by atoms with Crippen LogP contribution in [0.25, 0.3) is 0 Å². The normalized spacial score (nSPS) is 14.0. The van der Waals surface area contributed by atoms with Crippen molar-refractivity contribution in [3.63, 3.8) is 0 Å². The predicted molar refractivity (Wildman–Crippen MR) is 118 cm³/mol. The van der Waals surface area contributed by atoms with Crippen molar-refractivity contribution in [2.24, 2.45) is 0 Å². The van der Waals surface area contributed by atoms with E-state index in [0.717, 1.165) is 41.4 Å². The molecular weight excluding hydrogens is 376 g/mol. The summed E-state index contributed by atoms with van der Waals surface area (Å²) in [6, 6.07) is 13.7. The smallest absolute Gasteiger partial charge is 0.254 e. The number of aryl methyl sites for hydroxylation is 3. The fourth-order valence-electron chi connectivity index (χ4n) is 3.60. The van der Waals surface area contributed by atoms with E-state index in [1.807, 2.05) is 68.3 Å². The Kier molecular flexibility index (Phi) is 5.61. The van der Waals surface area contributed by atoms with E-state index in [0.29, 0.717) is 18.9 Å². The van der Waals surface area contributed by atoms with E-state index in [9.17, 15) is 4.79 Å². The third kappa shape index (κ3) is 4.40. The van der Waals surface area contributed by atoms with Crippen molar-refractivity contribution in [1.29, 1.82) is 0 Å². The minimum absolute atomic E-state index is 0.100. The molecule has 1 aromatic carbocycles. The molecule has 1 aliphatic heterocycles. The monoisotopic (exact) mass is 402 g/mol. The maximum absolute atomic E-state index is 12.9. The van der Waals surface area contributed by atoms with E-state index >= 15 is 0 Å². The molecule has 3 aromatic rings. The average molecular weight is 403 g/mol. The molecule has 0 radical (unpaired) electrons. The first-order valence-corrected chi connectivity index (χ1v) is 10.1. The van der Waals surface area contributed by atoms with Gasteiger partial charge in [-0.25, -0.2) is 4.98 Å². The Bertz CT molecular complexity index is 1020. The number of carbonyl (C=O) groups excluding carboxylic acids is 1. The second-order valence-electron chi connectivity index (χ2n) is 7.72. The van der Waals surface area contributed by atoms with E-state index in [-0.39, 0.29) is 5.91 Å². The van der Waals surface area contributed by atoms with Crippen molar-refractivity contribution in [3.05, 3.63) is 70.9 Å². The minimum Gasteiger partial charge on any atom is -0.352 e. The van der Waals surface area contributed by atoms with Crippen molar-refractivity contribution < 1.29 is 4.79 Å². The molecule has 7 heteroatoms. The number of carbonyl (C=O) groups is 1. The summed E-state index contributed by atoms with van der Waals surface area (Å²) < 4.78 is 0. The number of nitrogens with zero attached hydrogens (tertiary/aromatic N) is 5. The van der Waals surface area contributed by atoms with Crippen LogP contribution in [-0.2, 0) is 0 Å². The lowest BCUT2D eigenvalue weighted by molar-refractivity contribution is 0.0745. The first-order chi connectivity index (χ1) is 14.5. The lowest BCUT2D eigenvalue weighted by Crippen LogP contribution is -2.49. The van der Waals surface area contributed by atoms with Crippen molar-refractivity contribution in [2.75, 3.05) is 36.4 Å². The van der Waals surface area contributed by atoms with Crippen molar-refractivity contribution in [1.82, 2.24) is 20.1 Å². The van der Waals surface area contributed by atoms with Crippen LogP contribution in [0.15, 0.2) is 48.7 Å². The van der Waals surface area contributed by atoms with Crippen LogP contribution >= 0.6 is 0 Å². The summed E-state index contributed by atoms with van der Waals surface area (Å²) >= 11 is 0. The van der Waals surface area contributed by atoms with Gasteiger partial charge in [0.25, 0.3) is 5.91 Å². The first kappa shape index (κ1) is 19.8. The highest BCUT2D eigenvalue weighted by molar-refractivity contribution is 5.95. The second kappa shape index (κ2) is 8.49. The van der Waals surface area contributed by atoms with Gasteiger partial charge in [-0.2, -0.15) is 0 Å².